The van der Waals surface area contributed by atoms with Crippen molar-refractivity contribution in [2.24, 2.45) is 40.4 Å². The highest BCUT2D eigenvalue weighted by atomic mass is 32.2. The maximum atomic E-state index is 12.1. The van der Waals surface area contributed by atoms with Crippen molar-refractivity contribution in [2.75, 3.05) is 5.75 Å². The summed E-state index contributed by atoms with van der Waals surface area (Å²) in [5, 5.41) is 0.380. The fourth-order valence-corrected chi connectivity index (χ4v) is 9.30. The molecule has 0 amide bonds. The summed E-state index contributed by atoms with van der Waals surface area (Å²) >= 11 is 1.49. The number of esters is 1. The molecule has 0 spiro atoms. The van der Waals surface area contributed by atoms with Crippen LogP contribution in [0.15, 0.2) is 11.6 Å². The molecular weight excluding hydrogens is 416 g/mol. The summed E-state index contributed by atoms with van der Waals surface area (Å²) < 4.78 is 5.60. The van der Waals surface area contributed by atoms with Gasteiger partial charge in [-0.25, -0.2) is 0 Å². The van der Waals surface area contributed by atoms with Gasteiger partial charge in [-0.15, -0.1) is 0 Å². The lowest BCUT2D eigenvalue weighted by Crippen LogP contribution is -2.51. The average Bonchev–Trinajstić information content (AvgIpc) is 3.09. The third kappa shape index (κ3) is 4.34. The van der Waals surface area contributed by atoms with Crippen LogP contribution in [0.5, 0.6) is 0 Å². The topological polar surface area (TPSA) is 43.4 Å². The van der Waals surface area contributed by atoms with E-state index in [1.54, 1.807) is 5.57 Å². The fourth-order valence-electron chi connectivity index (χ4n) is 8.72. The van der Waals surface area contributed by atoms with E-state index in [2.05, 4.69) is 33.8 Å². The molecule has 3 nitrogen and oxygen atoms in total. The maximum absolute atomic E-state index is 12.1. The second kappa shape index (κ2) is 9.47. The van der Waals surface area contributed by atoms with Gasteiger partial charge in [-0.3, -0.25) is 9.59 Å². The minimum Gasteiger partial charge on any atom is -0.462 e. The number of rotatable bonds is 6. The molecule has 8 atom stereocenters. The first-order valence-corrected chi connectivity index (χ1v) is 14.2. The molecule has 0 aromatic carbocycles. The molecule has 0 aliphatic heterocycles. The molecule has 0 unspecified atom stereocenters. The lowest BCUT2D eigenvalue weighted by Gasteiger charge is -2.58. The fraction of sp³-hybridized carbons (Fsp3) is 0.857. The second-order valence-electron chi connectivity index (χ2n) is 11.8. The van der Waals surface area contributed by atoms with Crippen LogP contribution >= 0.6 is 11.8 Å². The van der Waals surface area contributed by atoms with Crippen LogP contribution in [0, 0.1) is 40.4 Å². The van der Waals surface area contributed by atoms with Crippen molar-refractivity contribution in [1.82, 2.24) is 0 Å². The van der Waals surface area contributed by atoms with Gasteiger partial charge in [0.25, 0.3) is 0 Å². The van der Waals surface area contributed by atoms with Gasteiger partial charge >= 0.3 is 5.97 Å². The van der Waals surface area contributed by atoms with Gasteiger partial charge in [0.1, 0.15) is 6.10 Å². The summed E-state index contributed by atoms with van der Waals surface area (Å²) in [5.74, 6) is 4.60. The molecule has 3 fully saturated rings. The zero-order valence-corrected chi connectivity index (χ0v) is 21.8. The van der Waals surface area contributed by atoms with Crippen LogP contribution in [-0.4, -0.2) is 22.9 Å². The standard InChI is InChI=1S/C28H44O3S/c1-6-32-26(30)12-7-18(2)23-10-11-24-22-9-8-20-17-21(31-19(3)29)13-15-27(20,4)25(22)14-16-28(23,24)5/h8,18,21-25H,6-7,9-17H2,1-5H3/t18-,21+,22-,23+,24-,25-,27-,28+/m0/s1. The van der Waals surface area contributed by atoms with E-state index in [1.807, 2.05) is 0 Å². The predicted octanol–water partition coefficient (Wildman–Crippen LogP) is 7.19. The van der Waals surface area contributed by atoms with E-state index in [-0.39, 0.29) is 12.1 Å². The van der Waals surface area contributed by atoms with Gasteiger partial charge < -0.3 is 4.74 Å². The molecular formula is C28H44O3S. The van der Waals surface area contributed by atoms with Gasteiger partial charge in [0.05, 0.1) is 0 Å². The van der Waals surface area contributed by atoms with Crippen LogP contribution in [0.4, 0.5) is 0 Å². The highest BCUT2D eigenvalue weighted by Crippen LogP contribution is 2.67. The van der Waals surface area contributed by atoms with Gasteiger partial charge in [-0.05, 0) is 97.5 Å². The molecule has 4 rings (SSSR count). The Morgan fingerprint density at radius 1 is 1.16 bits per heavy atom. The van der Waals surface area contributed by atoms with Gasteiger partial charge in [0.2, 0.25) is 0 Å². The molecule has 0 radical (unpaired) electrons. The number of carbonyl (C=O) groups is 2. The van der Waals surface area contributed by atoms with Crippen molar-refractivity contribution in [1.29, 1.82) is 0 Å². The lowest BCUT2D eigenvalue weighted by atomic mass is 9.47. The van der Waals surface area contributed by atoms with Crippen molar-refractivity contribution in [3.05, 3.63) is 11.6 Å². The third-order valence-corrected chi connectivity index (χ3v) is 11.1. The zero-order chi connectivity index (χ0) is 23.1. The Kier molecular flexibility index (Phi) is 7.21. The zero-order valence-electron chi connectivity index (χ0n) is 21.0. The van der Waals surface area contributed by atoms with E-state index >= 15 is 0 Å². The van der Waals surface area contributed by atoms with Gasteiger partial charge in [-0.1, -0.05) is 51.1 Å². The summed E-state index contributed by atoms with van der Waals surface area (Å²) in [6.07, 6.45) is 14.2. The Morgan fingerprint density at radius 2 is 1.94 bits per heavy atom. The van der Waals surface area contributed by atoms with E-state index in [0.717, 1.165) is 55.1 Å². The largest absolute Gasteiger partial charge is 0.462 e. The number of allylic oxidation sites excluding steroid dienone is 1. The Balaban J connectivity index is 1.46. The van der Waals surface area contributed by atoms with Crippen molar-refractivity contribution >= 4 is 22.8 Å². The Hall–Kier alpha value is -0.770. The average molecular weight is 461 g/mol. The first kappa shape index (κ1) is 24.4. The van der Waals surface area contributed by atoms with E-state index in [0.29, 0.717) is 21.9 Å². The Morgan fingerprint density at radius 3 is 2.66 bits per heavy atom. The van der Waals surface area contributed by atoms with Gasteiger partial charge in [0, 0.05) is 19.8 Å². The van der Waals surface area contributed by atoms with Crippen molar-refractivity contribution in [2.45, 2.75) is 105 Å². The van der Waals surface area contributed by atoms with Crippen LogP contribution in [0.2, 0.25) is 0 Å². The maximum Gasteiger partial charge on any atom is 0.302 e. The Bertz CT molecular complexity index is 760. The molecule has 3 saturated carbocycles. The minimum atomic E-state index is -0.137. The number of carbonyl (C=O) groups excluding carboxylic acids is 2. The van der Waals surface area contributed by atoms with Crippen molar-refractivity contribution in [3.8, 4) is 0 Å². The highest BCUT2D eigenvalue weighted by Gasteiger charge is 2.59. The SMILES string of the molecule is CCSC(=O)CC[C@H](C)[C@H]1CC[C@H]2[C@@H]3CC=C4C[C@H](OC(C)=O)CC[C@]4(C)[C@H]3CC[C@]12C. The summed E-state index contributed by atoms with van der Waals surface area (Å²) in [7, 11) is 0. The molecule has 0 N–H and O–H groups in total. The number of hydrogen-bond acceptors (Lipinski definition) is 4. The highest BCUT2D eigenvalue weighted by molar-refractivity contribution is 8.13. The molecule has 0 heterocycles. The summed E-state index contributed by atoms with van der Waals surface area (Å²) in [6, 6.07) is 0. The molecule has 180 valence electrons. The molecule has 4 aliphatic rings. The van der Waals surface area contributed by atoms with Crippen LogP contribution in [0.3, 0.4) is 0 Å². The Labute approximate surface area is 199 Å². The molecule has 32 heavy (non-hydrogen) atoms. The number of hydrogen-bond donors (Lipinski definition) is 0. The van der Waals surface area contributed by atoms with Crippen LogP contribution in [0.25, 0.3) is 0 Å². The lowest BCUT2D eigenvalue weighted by molar-refractivity contribution is -0.148. The monoisotopic (exact) mass is 460 g/mol. The summed E-state index contributed by atoms with van der Waals surface area (Å²) in [5.41, 5.74) is 2.32. The normalized spacial score (nSPS) is 41.7. The van der Waals surface area contributed by atoms with Crippen LogP contribution in [0.1, 0.15) is 98.8 Å². The summed E-state index contributed by atoms with van der Waals surface area (Å²) in [4.78, 5) is 23.6. The van der Waals surface area contributed by atoms with Gasteiger partial charge in [0.15, 0.2) is 5.12 Å². The van der Waals surface area contributed by atoms with Crippen molar-refractivity contribution < 1.29 is 14.3 Å². The van der Waals surface area contributed by atoms with E-state index < -0.39 is 0 Å². The van der Waals surface area contributed by atoms with E-state index in [9.17, 15) is 9.59 Å². The predicted molar refractivity (Wildman–Crippen MR) is 132 cm³/mol. The molecule has 0 saturated heterocycles. The number of ether oxygens (including phenoxy) is 1. The van der Waals surface area contributed by atoms with Gasteiger partial charge in [-0.2, -0.15) is 0 Å². The molecule has 0 bridgehead atoms. The minimum absolute atomic E-state index is 0.0857. The van der Waals surface area contributed by atoms with Crippen molar-refractivity contribution in [3.63, 3.8) is 0 Å². The first-order chi connectivity index (χ1) is 15.2. The quantitative estimate of drug-likeness (QED) is 0.311. The van der Waals surface area contributed by atoms with Crippen LogP contribution < -0.4 is 0 Å². The molecule has 4 aliphatic carbocycles. The smallest absolute Gasteiger partial charge is 0.302 e. The number of fused-ring (bicyclic) bond motifs is 5. The molecule has 0 aromatic rings. The molecule has 4 heteroatoms. The number of thioether (sulfide) groups is 1. The third-order valence-electron chi connectivity index (χ3n) is 10.3. The molecule has 0 aromatic heterocycles. The van der Waals surface area contributed by atoms with Crippen LogP contribution in [-0.2, 0) is 14.3 Å². The van der Waals surface area contributed by atoms with E-state index in [4.69, 9.17) is 4.74 Å². The summed E-state index contributed by atoms with van der Waals surface area (Å²) in [6.45, 7) is 11.2. The second-order valence-corrected chi connectivity index (χ2v) is 13.1. The van der Waals surface area contributed by atoms with E-state index in [1.165, 1.54) is 57.2 Å². The first-order valence-electron chi connectivity index (χ1n) is 13.2.